The zero-order chi connectivity index (χ0) is 16.9. The van der Waals surface area contributed by atoms with E-state index >= 15 is 0 Å². The van der Waals surface area contributed by atoms with Gasteiger partial charge in [0.1, 0.15) is 6.04 Å². The van der Waals surface area contributed by atoms with Crippen LogP contribution >= 0.6 is 0 Å². The topological polar surface area (TPSA) is 100 Å². The summed E-state index contributed by atoms with van der Waals surface area (Å²) in [6, 6.07) is 6.75. The minimum atomic E-state index is -0.682. The molecule has 6 heteroatoms. The van der Waals surface area contributed by atoms with Crippen molar-refractivity contribution in [3.63, 3.8) is 0 Å². The largest absolute Gasteiger partial charge is 0.361 e. The number of nitrogens with one attached hydrogen (secondary N) is 3. The number of amides is 3. The van der Waals surface area contributed by atoms with Gasteiger partial charge >= 0.3 is 6.03 Å². The number of aromatic nitrogens is 1. The van der Waals surface area contributed by atoms with Gasteiger partial charge in [-0.1, -0.05) is 37.5 Å². The molecule has 0 bridgehead atoms. The van der Waals surface area contributed by atoms with Crippen molar-refractivity contribution in [3.05, 3.63) is 36.0 Å². The highest BCUT2D eigenvalue weighted by Crippen LogP contribution is 2.20. The van der Waals surface area contributed by atoms with Gasteiger partial charge in [0.2, 0.25) is 5.91 Å². The van der Waals surface area contributed by atoms with Gasteiger partial charge in [-0.15, -0.1) is 0 Å². The van der Waals surface area contributed by atoms with Crippen molar-refractivity contribution in [1.29, 1.82) is 0 Å². The van der Waals surface area contributed by atoms with E-state index < -0.39 is 12.1 Å². The molecule has 6 nitrogen and oxygen atoms in total. The number of fused-ring (bicyclic) bond motifs is 1. The number of aromatic amines is 1. The molecule has 0 aliphatic heterocycles. The van der Waals surface area contributed by atoms with Crippen LogP contribution in [0.1, 0.15) is 37.7 Å². The molecular weight excluding hydrogens is 304 g/mol. The molecule has 0 spiro atoms. The molecule has 1 atom stereocenters. The lowest BCUT2D eigenvalue weighted by atomic mass is 9.95. The van der Waals surface area contributed by atoms with Crippen molar-refractivity contribution in [3.8, 4) is 0 Å². The van der Waals surface area contributed by atoms with Gasteiger partial charge < -0.3 is 21.4 Å². The third kappa shape index (κ3) is 3.88. The Morgan fingerprint density at radius 3 is 2.71 bits per heavy atom. The Morgan fingerprint density at radius 1 is 1.21 bits per heavy atom. The van der Waals surface area contributed by atoms with E-state index in [9.17, 15) is 9.59 Å². The average molecular weight is 328 g/mol. The maximum Gasteiger partial charge on any atom is 0.312 e. The summed E-state index contributed by atoms with van der Waals surface area (Å²) in [7, 11) is 0. The van der Waals surface area contributed by atoms with Crippen LogP contribution < -0.4 is 16.4 Å². The van der Waals surface area contributed by atoms with Crippen LogP contribution in [0, 0.1) is 0 Å². The summed E-state index contributed by atoms with van der Waals surface area (Å²) >= 11 is 0. The van der Waals surface area contributed by atoms with E-state index in [4.69, 9.17) is 5.73 Å². The lowest BCUT2D eigenvalue weighted by Gasteiger charge is -2.25. The molecule has 0 unspecified atom stereocenters. The molecule has 1 saturated carbocycles. The molecule has 1 heterocycles. The number of urea groups is 1. The smallest absolute Gasteiger partial charge is 0.312 e. The van der Waals surface area contributed by atoms with E-state index in [1.165, 1.54) is 6.42 Å². The maximum atomic E-state index is 12.6. The van der Waals surface area contributed by atoms with Crippen LogP contribution in [0.4, 0.5) is 4.79 Å². The first-order valence-electron chi connectivity index (χ1n) is 8.55. The van der Waals surface area contributed by atoms with Crippen molar-refractivity contribution < 1.29 is 9.59 Å². The number of para-hydroxylation sites is 1. The van der Waals surface area contributed by atoms with E-state index in [-0.39, 0.29) is 11.9 Å². The fraction of sp³-hybridized carbons (Fsp3) is 0.444. The summed E-state index contributed by atoms with van der Waals surface area (Å²) in [5.41, 5.74) is 7.27. The van der Waals surface area contributed by atoms with Gasteiger partial charge in [-0.25, -0.2) is 4.79 Å². The molecule has 0 radical (unpaired) electrons. The predicted octanol–water partition coefficient (Wildman–Crippen LogP) is 2.20. The summed E-state index contributed by atoms with van der Waals surface area (Å²) in [6.45, 7) is 0. The Kier molecular flexibility index (Phi) is 5.03. The van der Waals surface area contributed by atoms with Crippen LogP contribution in [0.2, 0.25) is 0 Å². The molecule has 3 amide bonds. The number of primary amides is 1. The third-order valence-electron chi connectivity index (χ3n) is 4.68. The summed E-state index contributed by atoms with van der Waals surface area (Å²) in [6.07, 6.45) is 7.80. The Hall–Kier alpha value is -2.50. The molecule has 1 aliphatic rings. The second kappa shape index (κ2) is 7.38. The van der Waals surface area contributed by atoms with E-state index in [0.717, 1.165) is 42.1 Å². The molecule has 1 aromatic carbocycles. The quantitative estimate of drug-likeness (QED) is 0.676. The van der Waals surface area contributed by atoms with E-state index in [0.29, 0.717) is 6.42 Å². The highest BCUT2D eigenvalue weighted by atomic mass is 16.2. The van der Waals surface area contributed by atoms with Crippen LogP contribution in [-0.2, 0) is 11.2 Å². The predicted molar refractivity (Wildman–Crippen MR) is 93.5 cm³/mol. The van der Waals surface area contributed by atoms with Crippen LogP contribution in [-0.4, -0.2) is 29.0 Å². The molecule has 1 fully saturated rings. The lowest BCUT2D eigenvalue weighted by Crippen LogP contribution is -2.52. The number of benzene rings is 1. The van der Waals surface area contributed by atoms with Gasteiger partial charge in [0.15, 0.2) is 0 Å². The third-order valence-corrected chi connectivity index (χ3v) is 4.68. The summed E-state index contributed by atoms with van der Waals surface area (Å²) in [5, 5.41) is 6.71. The van der Waals surface area contributed by atoms with Crippen molar-refractivity contribution in [2.45, 2.75) is 50.6 Å². The Morgan fingerprint density at radius 2 is 1.96 bits per heavy atom. The van der Waals surface area contributed by atoms with Crippen LogP contribution in [0.15, 0.2) is 30.5 Å². The monoisotopic (exact) mass is 328 g/mol. The fourth-order valence-corrected chi connectivity index (χ4v) is 3.45. The number of rotatable bonds is 5. The minimum Gasteiger partial charge on any atom is -0.361 e. The summed E-state index contributed by atoms with van der Waals surface area (Å²) in [4.78, 5) is 27.1. The van der Waals surface area contributed by atoms with Crippen LogP contribution in [0.25, 0.3) is 10.9 Å². The highest BCUT2D eigenvalue weighted by Gasteiger charge is 2.24. The van der Waals surface area contributed by atoms with E-state index in [1.807, 2.05) is 30.5 Å². The molecular formula is C18H24N4O2. The normalized spacial score (nSPS) is 16.7. The number of carbonyl (C=O) groups excluding carboxylic acids is 2. The number of hydrogen-bond donors (Lipinski definition) is 4. The molecule has 1 aliphatic carbocycles. The lowest BCUT2D eigenvalue weighted by molar-refractivity contribution is -0.123. The van der Waals surface area contributed by atoms with Gasteiger partial charge in [0, 0.05) is 29.6 Å². The van der Waals surface area contributed by atoms with Crippen molar-refractivity contribution in [2.75, 3.05) is 0 Å². The summed E-state index contributed by atoms with van der Waals surface area (Å²) < 4.78 is 0. The number of H-pyrrole nitrogens is 1. The molecule has 5 N–H and O–H groups in total. The Bertz CT molecular complexity index is 719. The zero-order valence-corrected chi connectivity index (χ0v) is 13.7. The SMILES string of the molecule is NC(=O)N[C@H](Cc1c[nH]c2ccccc12)C(=O)NC1CCCCC1. The highest BCUT2D eigenvalue weighted by molar-refractivity contribution is 5.89. The van der Waals surface area contributed by atoms with Gasteiger partial charge in [0.25, 0.3) is 0 Å². The minimum absolute atomic E-state index is 0.161. The van der Waals surface area contributed by atoms with Crippen molar-refractivity contribution >= 4 is 22.8 Å². The first-order chi connectivity index (χ1) is 11.6. The van der Waals surface area contributed by atoms with E-state index in [1.54, 1.807) is 0 Å². The number of carbonyl (C=O) groups is 2. The van der Waals surface area contributed by atoms with Gasteiger partial charge in [-0.3, -0.25) is 4.79 Å². The van der Waals surface area contributed by atoms with Gasteiger partial charge in [0.05, 0.1) is 0 Å². The first kappa shape index (κ1) is 16.4. The van der Waals surface area contributed by atoms with Crippen molar-refractivity contribution in [1.82, 2.24) is 15.6 Å². The second-order valence-electron chi connectivity index (χ2n) is 6.47. The second-order valence-corrected chi connectivity index (χ2v) is 6.47. The van der Waals surface area contributed by atoms with Crippen LogP contribution in [0.5, 0.6) is 0 Å². The van der Waals surface area contributed by atoms with E-state index in [2.05, 4.69) is 15.6 Å². The Labute approximate surface area is 141 Å². The molecule has 2 aromatic rings. The summed E-state index contributed by atoms with van der Waals surface area (Å²) in [5.74, 6) is -0.161. The maximum absolute atomic E-state index is 12.6. The number of hydrogen-bond acceptors (Lipinski definition) is 2. The molecule has 1 aromatic heterocycles. The van der Waals surface area contributed by atoms with Gasteiger partial charge in [-0.2, -0.15) is 0 Å². The zero-order valence-electron chi connectivity index (χ0n) is 13.7. The Balaban J connectivity index is 1.73. The van der Waals surface area contributed by atoms with Crippen molar-refractivity contribution in [2.24, 2.45) is 5.73 Å². The number of nitrogens with two attached hydrogens (primary N) is 1. The molecule has 128 valence electrons. The molecule has 0 saturated heterocycles. The van der Waals surface area contributed by atoms with Crippen LogP contribution in [0.3, 0.4) is 0 Å². The van der Waals surface area contributed by atoms with Gasteiger partial charge in [-0.05, 0) is 24.5 Å². The molecule has 24 heavy (non-hydrogen) atoms. The average Bonchev–Trinajstić information content (AvgIpc) is 2.98. The first-order valence-corrected chi connectivity index (χ1v) is 8.55. The fourth-order valence-electron chi connectivity index (χ4n) is 3.45. The standard InChI is InChI=1S/C18H24N4O2/c19-18(24)22-16(17(23)21-13-6-2-1-3-7-13)10-12-11-20-15-9-5-4-8-14(12)15/h4-5,8-9,11,13,16,20H,1-3,6-7,10H2,(H,21,23)(H3,19,22,24)/t16-/m1/s1. The molecule has 3 rings (SSSR count).